The fraction of sp³-hybridized carbons (Fsp3) is 0. The molecule has 1 aromatic heterocycles. The number of nitrogens with zero attached hydrogens (tertiary/aromatic N) is 1. The Bertz CT molecular complexity index is 1470. The third kappa shape index (κ3) is 2.98. The summed E-state index contributed by atoms with van der Waals surface area (Å²) in [5.74, 6) is -0.281. The summed E-state index contributed by atoms with van der Waals surface area (Å²) < 4.78 is 39.6. The first-order valence-corrected chi connectivity index (χ1v) is 10.5. The second-order valence-electron chi connectivity index (χ2n) is 6.79. The number of benzene rings is 4. The Morgan fingerprint density at radius 2 is 1.52 bits per heavy atom. The molecule has 1 heterocycles. The Kier molecular flexibility index (Phi) is 3.96. The van der Waals surface area contributed by atoms with E-state index in [0.29, 0.717) is 11.0 Å². The minimum atomic E-state index is -3.72. The zero-order valence-corrected chi connectivity index (χ0v) is 15.9. The average Bonchev–Trinajstić information content (AvgIpc) is 3.22. The van der Waals surface area contributed by atoms with Gasteiger partial charge in [0.05, 0.1) is 21.6 Å². The van der Waals surface area contributed by atoms with Gasteiger partial charge in [-0.25, -0.2) is 17.8 Å². The van der Waals surface area contributed by atoms with Crippen molar-refractivity contribution in [2.45, 2.75) is 9.79 Å². The number of para-hydroxylation sites is 1. The Balaban J connectivity index is 1.60. The Hall–Kier alpha value is -3.51. The molecule has 0 unspecified atom stereocenters. The van der Waals surface area contributed by atoms with Gasteiger partial charge >= 0.3 is 0 Å². The molecule has 4 nitrogen and oxygen atoms in total. The number of halogens is 1. The molecule has 5 rings (SSSR count). The maximum Gasteiger partial charge on any atom is 0.208 e. The van der Waals surface area contributed by atoms with Crippen molar-refractivity contribution in [1.29, 1.82) is 0 Å². The molecule has 4 aromatic carbocycles. The number of sulfone groups is 1. The summed E-state index contributed by atoms with van der Waals surface area (Å²) in [4.78, 5) is 7.50. The predicted octanol–water partition coefficient (Wildman–Crippen LogP) is 5.36. The van der Waals surface area contributed by atoms with Crippen molar-refractivity contribution in [3.8, 4) is 11.1 Å². The van der Waals surface area contributed by atoms with Gasteiger partial charge < -0.3 is 4.98 Å². The molecule has 0 radical (unpaired) electrons. The predicted molar refractivity (Wildman–Crippen MR) is 111 cm³/mol. The number of imidazole rings is 1. The van der Waals surface area contributed by atoms with Gasteiger partial charge in [0.25, 0.3) is 0 Å². The molecule has 0 bridgehead atoms. The molecule has 1 N–H and O–H groups in total. The number of hydrogen-bond donors (Lipinski definition) is 1. The molecular formula is C23H15FN2O2S. The fourth-order valence-electron chi connectivity index (χ4n) is 3.50. The Morgan fingerprint density at radius 1 is 0.793 bits per heavy atom. The number of fused-ring (bicyclic) bond motifs is 2. The summed E-state index contributed by atoms with van der Waals surface area (Å²) in [7, 11) is -3.72. The molecule has 0 saturated carbocycles. The third-order valence-electron chi connectivity index (χ3n) is 5.00. The molecule has 0 fully saturated rings. The minimum Gasteiger partial charge on any atom is -0.345 e. The third-order valence-corrected chi connectivity index (χ3v) is 6.78. The Morgan fingerprint density at radius 3 is 2.34 bits per heavy atom. The van der Waals surface area contributed by atoms with Crippen molar-refractivity contribution in [2.24, 2.45) is 0 Å². The van der Waals surface area contributed by atoms with E-state index in [-0.39, 0.29) is 15.6 Å². The van der Waals surface area contributed by atoms with E-state index in [1.165, 1.54) is 18.5 Å². The fourth-order valence-corrected chi connectivity index (χ4v) is 4.95. The summed E-state index contributed by atoms with van der Waals surface area (Å²) in [5, 5.41) is 1.72. The standard InChI is InChI=1S/C23H15FN2O2S/c24-19-9-6-15(7-10-19)16-4-5-18-13-20(11-8-17(18)12-16)29(27,28)22-3-1-2-21-23(22)26-14-25-21/h1-14H,(H,25,26). The van der Waals surface area contributed by atoms with Crippen LogP contribution in [0.1, 0.15) is 0 Å². The second kappa shape index (κ2) is 6.53. The summed E-state index contributed by atoms with van der Waals surface area (Å²) in [5.41, 5.74) is 2.94. The number of aromatic amines is 1. The van der Waals surface area contributed by atoms with E-state index in [4.69, 9.17) is 0 Å². The quantitative estimate of drug-likeness (QED) is 0.442. The van der Waals surface area contributed by atoms with Crippen molar-refractivity contribution in [3.63, 3.8) is 0 Å². The molecular weight excluding hydrogens is 387 g/mol. The van der Waals surface area contributed by atoms with Crippen LogP contribution < -0.4 is 0 Å². The summed E-state index contributed by atoms with van der Waals surface area (Å²) >= 11 is 0. The molecule has 6 heteroatoms. The maximum absolute atomic E-state index is 13.2. The zero-order chi connectivity index (χ0) is 20.0. The van der Waals surface area contributed by atoms with E-state index in [1.807, 2.05) is 18.2 Å². The van der Waals surface area contributed by atoms with Crippen LogP contribution in [0, 0.1) is 5.82 Å². The van der Waals surface area contributed by atoms with E-state index in [1.54, 1.807) is 48.5 Å². The number of nitrogens with one attached hydrogen (secondary N) is 1. The van der Waals surface area contributed by atoms with Gasteiger partial charge in [-0.1, -0.05) is 36.4 Å². The van der Waals surface area contributed by atoms with E-state index in [2.05, 4.69) is 9.97 Å². The highest BCUT2D eigenvalue weighted by Gasteiger charge is 2.22. The number of hydrogen-bond acceptors (Lipinski definition) is 3. The molecule has 0 aliphatic rings. The van der Waals surface area contributed by atoms with Gasteiger partial charge in [0.15, 0.2) is 0 Å². The first kappa shape index (κ1) is 17.6. The van der Waals surface area contributed by atoms with Crippen LogP contribution >= 0.6 is 0 Å². The van der Waals surface area contributed by atoms with Crippen LogP contribution in [0.5, 0.6) is 0 Å². The first-order chi connectivity index (χ1) is 14.0. The van der Waals surface area contributed by atoms with Crippen LogP contribution in [0.25, 0.3) is 32.9 Å². The van der Waals surface area contributed by atoms with Crippen LogP contribution in [0.2, 0.25) is 0 Å². The maximum atomic E-state index is 13.2. The van der Waals surface area contributed by atoms with E-state index >= 15 is 0 Å². The monoisotopic (exact) mass is 402 g/mol. The van der Waals surface area contributed by atoms with Crippen LogP contribution in [-0.4, -0.2) is 18.4 Å². The molecule has 0 spiro atoms. The van der Waals surface area contributed by atoms with Gasteiger partial charge in [0.2, 0.25) is 9.84 Å². The van der Waals surface area contributed by atoms with Gasteiger partial charge in [-0.2, -0.15) is 0 Å². The van der Waals surface area contributed by atoms with Crippen LogP contribution in [0.15, 0.2) is 95.0 Å². The van der Waals surface area contributed by atoms with Crippen LogP contribution in [0.4, 0.5) is 4.39 Å². The lowest BCUT2D eigenvalue weighted by Gasteiger charge is -2.08. The molecule has 5 aromatic rings. The van der Waals surface area contributed by atoms with E-state index in [9.17, 15) is 12.8 Å². The second-order valence-corrected chi connectivity index (χ2v) is 8.71. The van der Waals surface area contributed by atoms with Crippen LogP contribution in [-0.2, 0) is 9.84 Å². The topological polar surface area (TPSA) is 62.8 Å². The van der Waals surface area contributed by atoms with Gasteiger partial charge in [-0.3, -0.25) is 0 Å². The molecule has 0 aliphatic carbocycles. The molecule has 0 atom stereocenters. The summed E-state index contributed by atoms with van der Waals surface area (Å²) in [6.45, 7) is 0. The summed E-state index contributed by atoms with van der Waals surface area (Å²) in [6.07, 6.45) is 1.49. The lowest BCUT2D eigenvalue weighted by atomic mass is 10.0. The summed E-state index contributed by atoms with van der Waals surface area (Å²) in [6, 6.07) is 22.2. The zero-order valence-electron chi connectivity index (χ0n) is 15.1. The van der Waals surface area contributed by atoms with Gasteiger partial charge in [0.1, 0.15) is 11.3 Å². The number of rotatable bonds is 3. The number of H-pyrrole nitrogens is 1. The molecule has 142 valence electrons. The molecule has 0 saturated heterocycles. The highest BCUT2D eigenvalue weighted by Crippen LogP contribution is 2.30. The highest BCUT2D eigenvalue weighted by molar-refractivity contribution is 7.91. The molecule has 0 amide bonds. The normalized spacial score (nSPS) is 11.9. The lowest BCUT2D eigenvalue weighted by Crippen LogP contribution is -2.03. The molecule has 29 heavy (non-hydrogen) atoms. The Labute approximate surface area is 166 Å². The van der Waals surface area contributed by atoms with Gasteiger partial charge in [-0.15, -0.1) is 0 Å². The first-order valence-electron chi connectivity index (χ1n) is 8.99. The smallest absolute Gasteiger partial charge is 0.208 e. The molecule has 0 aliphatic heterocycles. The minimum absolute atomic E-state index is 0.179. The van der Waals surface area contributed by atoms with Crippen molar-refractivity contribution in [1.82, 2.24) is 9.97 Å². The van der Waals surface area contributed by atoms with Crippen molar-refractivity contribution >= 4 is 31.6 Å². The largest absolute Gasteiger partial charge is 0.345 e. The van der Waals surface area contributed by atoms with Gasteiger partial charge in [0, 0.05) is 0 Å². The van der Waals surface area contributed by atoms with Crippen LogP contribution in [0.3, 0.4) is 0 Å². The lowest BCUT2D eigenvalue weighted by molar-refractivity contribution is 0.597. The average molecular weight is 402 g/mol. The SMILES string of the molecule is O=S(=O)(c1ccc2cc(-c3ccc(F)cc3)ccc2c1)c1cccc2[nH]cnc12. The van der Waals surface area contributed by atoms with Crippen molar-refractivity contribution in [2.75, 3.05) is 0 Å². The van der Waals surface area contributed by atoms with Gasteiger partial charge in [-0.05, 0) is 64.4 Å². The van der Waals surface area contributed by atoms with E-state index in [0.717, 1.165) is 21.9 Å². The van der Waals surface area contributed by atoms with E-state index < -0.39 is 9.84 Å². The highest BCUT2D eigenvalue weighted by atomic mass is 32.2. The number of aromatic nitrogens is 2. The van der Waals surface area contributed by atoms with Crippen molar-refractivity contribution in [3.05, 3.63) is 91.0 Å². The van der Waals surface area contributed by atoms with Crippen molar-refractivity contribution < 1.29 is 12.8 Å².